The molecule has 0 bridgehead atoms. The van der Waals surface area contributed by atoms with E-state index in [4.69, 9.17) is 23.2 Å². The molecule has 0 atom stereocenters. The third kappa shape index (κ3) is 1.40. The Kier molecular flexibility index (Phi) is 2.18. The normalized spacial score (nSPS) is 15.1. The topological polar surface area (TPSA) is 29.1 Å². The second kappa shape index (κ2) is 3.20. The number of nitrogens with one attached hydrogen (secondary N) is 1. The number of rotatable bonds is 0. The minimum absolute atomic E-state index is 0.0567. The quantitative estimate of drug-likeness (QED) is 0.722. The third-order valence-electron chi connectivity index (χ3n) is 2.04. The van der Waals surface area contributed by atoms with Gasteiger partial charge < -0.3 is 5.32 Å². The maximum atomic E-state index is 11.5. The molecule has 1 aromatic carbocycles. The van der Waals surface area contributed by atoms with Gasteiger partial charge in [-0.3, -0.25) is 4.79 Å². The molecule has 13 heavy (non-hydrogen) atoms. The van der Waals surface area contributed by atoms with E-state index in [9.17, 15) is 4.79 Å². The molecule has 0 saturated carbocycles. The van der Waals surface area contributed by atoms with Gasteiger partial charge in [0.05, 0.1) is 21.3 Å². The number of hydrogen-bond acceptors (Lipinski definition) is 2. The van der Waals surface area contributed by atoms with Crippen molar-refractivity contribution in [1.29, 1.82) is 0 Å². The standard InChI is InChI=1S/C9H7Cl2NO/c10-5-1-2-6(11)9-8(5)7(13)3-4-12-9/h1-2,12H,3-4H2. The maximum Gasteiger partial charge on any atom is 0.168 e. The number of carbonyl (C=O) groups excluding carboxylic acids is 1. The Morgan fingerprint density at radius 2 is 1.92 bits per heavy atom. The first-order valence-corrected chi connectivity index (χ1v) is 4.71. The lowest BCUT2D eigenvalue weighted by Gasteiger charge is -2.18. The summed E-state index contributed by atoms with van der Waals surface area (Å²) in [5, 5.41) is 4.08. The molecule has 0 fully saturated rings. The summed E-state index contributed by atoms with van der Waals surface area (Å²) < 4.78 is 0. The van der Waals surface area contributed by atoms with Gasteiger partial charge in [-0.1, -0.05) is 23.2 Å². The van der Waals surface area contributed by atoms with Crippen LogP contribution in [-0.4, -0.2) is 12.3 Å². The Hall–Kier alpha value is -0.730. The highest BCUT2D eigenvalue weighted by molar-refractivity contribution is 6.38. The van der Waals surface area contributed by atoms with Crippen molar-refractivity contribution >= 4 is 34.7 Å². The number of carbonyl (C=O) groups is 1. The van der Waals surface area contributed by atoms with E-state index in [1.54, 1.807) is 12.1 Å². The monoisotopic (exact) mass is 215 g/mol. The van der Waals surface area contributed by atoms with Crippen LogP contribution in [0.4, 0.5) is 5.69 Å². The highest BCUT2D eigenvalue weighted by Gasteiger charge is 2.21. The molecule has 0 aliphatic carbocycles. The van der Waals surface area contributed by atoms with E-state index in [1.807, 2.05) is 0 Å². The van der Waals surface area contributed by atoms with Crippen LogP contribution in [0, 0.1) is 0 Å². The van der Waals surface area contributed by atoms with Crippen molar-refractivity contribution in [2.75, 3.05) is 11.9 Å². The van der Waals surface area contributed by atoms with Gasteiger partial charge in [0, 0.05) is 13.0 Å². The maximum absolute atomic E-state index is 11.5. The van der Waals surface area contributed by atoms with E-state index in [0.717, 1.165) is 0 Å². The van der Waals surface area contributed by atoms with E-state index in [2.05, 4.69) is 5.32 Å². The molecule has 1 heterocycles. The highest BCUT2D eigenvalue weighted by atomic mass is 35.5. The predicted molar refractivity (Wildman–Crippen MR) is 53.9 cm³/mol. The molecule has 0 spiro atoms. The van der Waals surface area contributed by atoms with E-state index in [-0.39, 0.29) is 5.78 Å². The number of benzene rings is 1. The Morgan fingerprint density at radius 3 is 2.62 bits per heavy atom. The van der Waals surface area contributed by atoms with Gasteiger partial charge in [-0.2, -0.15) is 0 Å². The zero-order chi connectivity index (χ0) is 9.42. The van der Waals surface area contributed by atoms with Gasteiger partial charge in [-0.25, -0.2) is 0 Å². The van der Waals surface area contributed by atoms with Crippen LogP contribution in [0.5, 0.6) is 0 Å². The summed E-state index contributed by atoms with van der Waals surface area (Å²) in [7, 11) is 0. The number of hydrogen-bond donors (Lipinski definition) is 1. The van der Waals surface area contributed by atoms with Crippen LogP contribution < -0.4 is 5.32 Å². The van der Waals surface area contributed by atoms with Gasteiger partial charge in [-0.05, 0) is 12.1 Å². The van der Waals surface area contributed by atoms with Gasteiger partial charge in [0.1, 0.15) is 0 Å². The van der Waals surface area contributed by atoms with E-state index >= 15 is 0 Å². The zero-order valence-electron chi connectivity index (χ0n) is 6.73. The molecule has 68 valence electrons. The second-order valence-electron chi connectivity index (χ2n) is 2.88. The highest BCUT2D eigenvalue weighted by Crippen LogP contribution is 2.34. The Bertz CT molecular complexity index is 376. The Balaban J connectivity index is 2.67. The van der Waals surface area contributed by atoms with Gasteiger partial charge in [0.2, 0.25) is 0 Å². The fourth-order valence-corrected chi connectivity index (χ4v) is 1.91. The predicted octanol–water partition coefficient (Wildman–Crippen LogP) is 2.99. The lowest BCUT2D eigenvalue weighted by Crippen LogP contribution is -2.18. The molecule has 0 unspecified atom stereocenters. The van der Waals surface area contributed by atoms with Crippen LogP contribution in [0.15, 0.2) is 12.1 Å². The molecule has 0 radical (unpaired) electrons. The smallest absolute Gasteiger partial charge is 0.168 e. The lowest BCUT2D eigenvalue weighted by atomic mass is 10.0. The summed E-state index contributed by atoms with van der Waals surface area (Å²) in [6, 6.07) is 3.34. The molecule has 1 aromatic rings. The van der Waals surface area contributed by atoms with Gasteiger partial charge in [0.25, 0.3) is 0 Å². The van der Waals surface area contributed by atoms with Crippen molar-refractivity contribution in [2.45, 2.75) is 6.42 Å². The van der Waals surface area contributed by atoms with E-state index in [1.165, 1.54) is 0 Å². The van der Waals surface area contributed by atoms with Crippen LogP contribution in [0.3, 0.4) is 0 Å². The molecule has 1 aliphatic rings. The van der Waals surface area contributed by atoms with E-state index in [0.29, 0.717) is 34.3 Å². The fourth-order valence-electron chi connectivity index (χ4n) is 1.42. The van der Waals surface area contributed by atoms with Gasteiger partial charge >= 0.3 is 0 Å². The Morgan fingerprint density at radius 1 is 1.23 bits per heavy atom. The van der Waals surface area contributed by atoms with Crippen molar-refractivity contribution < 1.29 is 4.79 Å². The first kappa shape index (κ1) is 8.85. The summed E-state index contributed by atoms with van der Waals surface area (Å²) in [6.07, 6.45) is 0.479. The summed E-state index contributed by atoms with van der Waals surface area (Å²) in [5.74, 6) is 0.0567. The number of Topliss-reactive ketones (excluding diaryl/α,β-unsaturated/α-hetero) is 1. The van der Waals surface area contributed by atoms with Crippen LogP contribution >= 0.6 is 23.2 Å². The molecular formula is C9H7Cl2NO. The van der Waals surface area contributed by atoms with Crippen LogP contribution in [-0.2, 0) is 0 Å². The van der Waals surface area contributed by atoms with Crippen molar-refractivity contribution in [3.8, 4) is 0 Å². The fraction of sp³-hybridized carbons (Fsp3) is 0.222. The molecule has 0 aromatic heterocycles. The summed E-state index contributed by atoms with van der Waals surface area (Å²) >= 11 is 11.8. The second-order valence-corrected chi connectivity index (χ2v) is 3.69. The number of ketones is 1. The minimum Gasteiger partial charge on any atom is -0.383 e. The average molecular weight is 216 g/mol. The zero-order valence-corrected chi connectivity index (χ0v) is 8.24. The lowest BCUT2D eigenvalue weighted by molar-refractivity contribution is 0.0984. The largest absolute Gasteiger partial charge is 0.383 e. The Labute approximate surface area is 85.8 Å². The van der Waals surface area contributed by atoms with Crippen molar-refractivity contribution in [2.24, 2.45) is 0 Å². The molecule has 4 heteroatoms. The molecular weight excluding hydrogens is 209 g/mol. The summed E-state index contributed by atoms with van der Waals surface area (Å²) in [6.45, 7) is 0.631. The first-order chi connectivity index (χ1) is 6.20. The summed E-state index contributed by atoms with van der Waals surface area (Å²) in [4.78, 5) is 11.5. The number of halogens is 2. The SMILES string of the molecule is O=C1CCNc2c(Cl)ccc(Cl)c21. The third-order valence-corrected chi connectivity index (χ3v) is 2.67. The average Bonchev–Trinajstić information content (AvgIpc) is 2.12. The van der Waals surface area contributed by atoms with Crippen LogP contribution in [0.25, 0.3) is 0 Å². The molecule has 2 nitrogen and oxygen atoms in total. The van der Waals surface area contributed by atoms with Gasteiger partial charge in [0.15, 0.2) is 5.78 Å². The minimum atomic E-state index is 0.0567. The van der Waals surface area contributed by atoms with Crippen LogP contribution in [0.1, 0.15) is 16.8 Å². The first-order valence-electron chi connectivity index (χ1n) is 3.95. The van der Waals surface area contributed by atoms with Crippen molar-refractivity contribution in [1.82, 2.24) is 0 Å². The molecule has 2 rings (SSSR count). The van der Waals surface area contributed by atoms with E-state index < -0.39 is 0 Å². The molecule has 0 saturated heterocycles. The summed E-state index contributed by atoms with van der Waals surface area (Å²) in [5.41, 5.74) is 1.20. The number of anilines is 1. The molecule has 1 aliphatic heterocycles. The number of fused-ring (bicyclic) bond motifs is 1. The molecule has 0 amide bonds. The molecule has 1 N–H and O–H groups in total. The van der Waals surface area contributed by atoms with Gasteiger partial charge in [-0.15, -0.1) is 0 Å². The van der Waals surface area contributed by atoms with Crippen molar-refractivity contribution in [3.63, 3.8) is 0 Å². The van der Waals surface area contributed by atoms with Crippen LogP contribution in [0.2, 0.25) is 10.0 Å². The van der Waals surface area contributed by atoms with Crippen molar-refractivity contribution in [3.05, 3.63) is 27.7 Å².